The van der Waals surface area contributed by atoms with Gasteiger partial charge in [0.2, 0.25) is 5.91 Å². The van der Waals surface area contributed by atoms with Crippen LogP contribution in [0.4, 0.5) is 5.69 Å². The van der Waals surface area contributed by atoms with Crippen LogP contribution in [-0.4, -0.2) is 50.3 Å². The molecule has 1 rings (SSSR count). The Labute approximate surface area is 118 Å². The molecule has 0 heterocycles. The highest BCUT2D eigenvalue weighted by atomic mass is 16.5. The third kappa shape index (κ3) is 5.71. The number of benzene rings is 1. The van der Waals surface area contributed by atoms with Crippen LogP contribution in [0.2, 0.25) is 0 Å². The molecule has 0 saturated carbocycles. The summed E-state index contributed by atoms with van der Waals surface area (Å²) in [6.45, 7) is 2.56. The van der Waals surface area contributed by atoms with E-state index in [-0.39, 0.29) is 19.0 Å². The van der Waals surface area contributed by atoms with Crippen molar-refractivity contribution in [2.75, 3.05) is 38.3 Å². The number of carboxylic acid groups (broad SMARTS) is 1. The quantitative estimate of drug-likeness (QED) is 0.684. The van der Waals surface area contributed by atoms with Crippen molar-refractivity contribution in [1.82, 2.24) is 5.32 Å². The number of hydrogen-bond donors (Lipinski definition) is 2. The Morgan fingerprint density at radius 3 is 2.45 bits per heavy atom. The predicted molar refractivity (Wildman–Crippen MR) is 75.9 cm³/mol. The zero-order chi connectivity index (χ0) is 15.0. The molecule has 0 atom stereocenters. The Hall–Kier alpha value is -2.08. The first kappa shape index (κ1) is 16.0. The lowest BCUT2D eigenvalue weighted by Gasteiger charge is -2.22. The molecule has 0 spiro atoms. The van der Waals surface area contributed by atoms with E-state index < -0.39 is 5.97 Å². The van der Waals surface area contributed by atoms with Crippen molar-refractivity contribution in [2.24, 2.45) is 0 Å². The number of methoxy groups -OCH3 is 1. The van der Waals surface area contributed by atoms with Crippen LogP contribution in [0.1, 0.15) is 5.56 Å². The lowest BCUT2D eigenvalue weighted by Crippen LogP contribution is -2.40. The monoisotopic (exact) mass is 280 g/mol. The summed E-state index contributed by atoms with van der Waals surface area (Å²) in [6, 6.07) is 7.38. The van der Waals surface area contributed by atoms with Gasteiger partial charge in [0.1, 0.15) is 6.54 Å². The van der Waals surface area contributed by atoms with E-state index in [1.54, 1.807) is 19.2 Å². The summed E-state index contributed by atoms with van der Waals surface area (Å²) in [5, 5.41) is 11.6. The molecule has 6 heteroatoms. The summed E-state index contributed by atoms with van der Waals surface area (Å²) < 4.78 is 4.84. The van der Waals surface area contributed by atoms with Crippen molar-refractivity contribution >= 4 is 17.6 Å². The maximum Gasteiger partial charge on any atom is 0.323 e. The summed E-state index contributed by atoms with van der Waals surface area (Å²) in [5.74, 6) is -1.21. The van der Waals surface area contributed by atoms with E-state index >= 15 is 0 Å². The molecule has 1 amide bonds. The second kappa shape index (κ2) is 8.16. The number of aryl methyl sites for hydroxylation is 1. The number of carboxylic acids is 1. The van der Waals surface area contributed by atoms with Gasteiger partial charge in [-0.3, -0.25) is 9.59 Å². The number of ether oxygens (including phenoxy) is 1. The zero-order valence-corrected chi connectivity index (χ0v) is 11.8. The van der Waals surface area contributed by atoms with Crippen molar-refractivity contribution in [3.63, 3.8) is 0 Å². The van der Waals surface area contributed by atoms with Gasteiger partial charge in [-0.1, -0.05) is 17.7 Å². The van der Waals surface area contributed by atoms with Crippen LogP contribution in [0.3, 0.4) is 0 Å². The van der Waals surface area contributed by atoms with Crippen molar-refractivity contribution < 1.29 is 19.4 Å². The number of nitrogens with zero attached hydrogens (tertiary/aromatic N) is 1. The van der Waals surface area contributed by atoms with Gasteiger partial charge in [0.25, 0.3) is 0 Å². The summed E-state index contributed by atoms with van der Waals surface area (Å²) in [4.78, 5) is 24.2. The largest absolute Gasteiger partial charge is 0.480 e. The molecule has 2 N–H and O–H groups in total. The predicted octanol–water partition coefficient (Wildman–Crippen LogP) is 0.649. The average molecular weight is 280 g/mol. The number of hydrogen-bond acceptors (Lipinski definition) is 4. The van der Waals surface area contributed by atoms with E-state index in [1.807, 2.05) is 19.1 Å². The Balaban J connectivity index is 2.67. The third-order valence-electron chi connectivity index (χ3n) is 2.69. The minimum absolute atomic E-state index is 0.000917. The molecule has 0 bridgehead atoms. The van der Waals surface area contributed by atoms with E-state index in [1.165, 1.54) is 4.90 Å². The fourth-order valence-electron chi connectivity index (χ4n) is 1.68. The van der Waals surface area contributed by atoms with Gasteiger partial charge in [-0.05, 0) is 19.1 Å². The molecule has 0 aromatic heterocycles. The van der Waals surface area contributed by atoms with Crippen molar-refractivity contribution in [2.45, 2.75) is 6.92 Å². The van der Waals surface area contributed by atoms with E-state index in [0.717, 1.165) is 5.56 Å². The van der Waals surface area contributed by atoms with Gasteiger partial charge in [-0.25, -0.2) is 0 Å². The topological polar surface area (TPSA) is 78.9 Å². The second-order valence-corrected chi connectivity index (χ2v) is 4.43. The van der Waals surface area contributed by atoms with E-state index in [2.05, 4.69) is 5.32 Å². The molecule has 0 aliphatic heterocycles. The van der Waals surface area contributed by atoms with Gasteiger partial charge < -0.3 is 20.1 Å². The van der Waals surface area contributed by atoms with Gasteiger partial charge in [-0.15, -0.1) is 0 Å². The van der Waals surface area contributed by atoms with Crippen LogP contribution < -0.4 is 10.2 Å². The number of anilines is 1. The van der Waals surface area contributed by atoms with Gasteiger partial charge in [0, 0.05) is 19.3 Å². The maximum atomic E-state index is 11.7. The Morgan fingerprint density at radius 2 is 1.90 bits per heavy atom. The maximum absolute atomic E-state index is 11.7. The number of carbonyl (C=O) groups excluding carboxylic acids is 1. The summed E-state index contributed by atoms with van der Waals surface area (Å²) in [7, 11) is 1.55. The Morgan fingerprint density at radius 1 is 1.25 bits per heavy atom. The lowest BCUT2D eigenvalue weighted by molar-refractivity contribution is -0.135. The smallest absolute Gasteiger partial charge is 0.323 e. The van der Waals surface area contributed by atoms with Gasteiger partial charge >= 0.3 is 5.97 Å². The first-order valence-corrected chi connectivity index (χ1v) is 6.32. The minimum Gasteiger partial charge on any atom is -0.480 e. The fraction of sp³-hybridized carbons (Fsp3) is 0.429. The second-order valence-electron chi connectivity index (χ2n) is 4.43. The highest BCUT2D eigenvalue weighted by Gasteiger charge is 2.14. The first-order chi connectivity index (χ1) is 9.52. The van der Waals surface area contributed by atoms with Crippen LogP contribution in [0.5, 0.6) is 0 Å². The standard InChI is InChI=1S/C14H20N2O4/c1-11-3-5-12(6-4-11)16(10-14(18)19)9-13(17)15-7-8-20-2/h3-6H,7-10H2,1-2H3,(H,15,17)(H,18,19). The van der Waals surface area contributed by atoms with Crippen molar-refractivity contribution in [3.8, 4) is 0 Å². The van der Waals surface area contributed by atoms with Crippen LogP contribution in [-0.2, 0) is 14.3 Å². The molecular weight excluding hydrogens is 260 g/mol. The summed E-state index contributed by atoms with van der Waals surface area (Å²) >= 11 is 0. The molecule has 110 valence electrons. The molecule has 1 aromatic carbocycles. The molecule has 6 nitrogen and oxygen atoms in total. The van der Waals surface area contributed by atoms with E-state index in [0.29, 0.717) is 18.8 Å². The van der Waals surface area contributed by atoms with Gasteiger partial charge in [0.15, 0.2) is 0 Å². The average Bonchev–Trinajstić information content (AvgIpc) is 2.38. The highest BCUT2D eigenvalue weighted by molar-refractivity contribution is 5.84. The molecule has 0 radical (unpaired) electrons. The normalized spacial score (nSPS) is 10.1. The summed E-state index contributed by atoms with van der Waals surface area (Å²) in [5.41, 5.74) is 1.79. The Bertz CT molecular complexity index is 445. The lowest BCUT2D eigenvalue weighted by atomic mass is 10.2. The summed E-state index contributed by atoms with van der Waals surface area (Å²) in [6.07, 6.45) is 0. The number of amides is 1. The highest BCUT2D eigenvalue weighted by Crippen LogP contribution is 2.14. The molecular formula is C14H20N2O4. The number of nitrogens with one attached hydrogen (secondary N) is 1. The number of aliphatic carboxylic acids is 1. The number of rotatable bonds is 8. The minimum atomic E-state index is -0.977. The van der Waals surface area contributed by atoms with Crippen LogP contribution in [0.15, 0.2) is 24.3 Å². The fourth-order valence-corrected chi connectivity index (χ4v) is 1.68. The SMILES string of the molecule is COCCNC(=O)CN(CC(=O)O)c1ccc(C)cc1. The van der Waals surface area contributed by atoms with E-state index in [9.17, 15) is 9.59 Å². The third-order valence-corrected chi connectivity index (χ3v) is 2.69. The molecule has 0 unspecified atom stereocenters. The van der Waals surface area contributed by atoms with Crippen LogP contribution in [0, 0.1) is 6.92 Å². The molecule has 1 aromatic rings. The molecule has 0 fully saturated rings. The van der Waals surface area contributed by atoms with Gasteiger partial charge in [0.05, 0.1) is 13.2 Å². The van der Waals surface area contributed by atoms with Gasteiger partial charge in [-0.2, -0.15) is 0 Å². The van der Waals surface area contributed by atoms with Crippen LogP contribution in [0.25, 0.3) is 0 Å². The van der Waals surface area contributed by atoms with Crippen LogP contribution >= 0.6 is 0 Å². The molecule has 0 aliphatic rings. The molecule has 20 heavy (non-hydrogen) atoms. The number of carbonyl (C=O) groups is 2. The van der Waals surface area contributed by atoms with E-state index in [4.69, 9.17) is 9.84 Å². The molecule has 0 aliphatic carbocycles. The Kier molecular flexibility index (Phi) is 6.52. The van der Waals surface area contributed by atoms with Crippen molar-refractivity contribution in [1.29, 1.82) is 0 Å². The molecule has 0 saturated heterocycles. The van der Waals surface area contributed by atoms with Crippen molar-refractivity contribution in [3.05, 3.63) is 29.8 Å². The zero-order valence-electron chi connectivity index (χ0n) is 11.8. The first-order valence-electron chi connectivity index (χ1n) is 6.32.